The molecular weight excluding hydrogens is 575 g/mol. The van der Waals surface area contributed by atoms with Crippen molar-refractivity contribution in [1.82, 2.24) is 14.5 Å². The van der Waals surface area contributed by atoms with Gasteiger partial charge in [-0.25, -0.2) is 8.42 Å². The third kappa shape index (κ3) is 4.81. The SMILES string of the molecule is C=C(CC)C1NC(=O)CC(c2cc(Cl)cc(C(=O)N3CCN(S(C)(=O)=O)CC3)c2)C12C(=O)Nc1cc(Cl)ccc12. The van der Waals surface area contributed by atoms with Gasteiger partial charge in [0.25, 0.3) is 5.91 Å². The molecule has 212 valence electrons. The summed E-state index contributed by atoms with van der Waals surface area (Å²) in [5, 5.41) is 6.73. The molecule has 3 unspecified atom stereocenters. The van der Waals surface area contributed by atoms with E-state index in [-0.39, 0.29) is 55.3 Å². The average molecular weight is 606 g/mol. The molecule has 2 aromatic carbocycles. The summed E-state index contributed by atoms with van der Waals surface area (Å²) in [4.78, 5) is 42.2. The van der Waals surface area contributed by atoms with Gasteiger partial charge in [-0.1, -0.05) is 48.3 Å². The van der Waals surface area contributed by atoms with E-state index in [0.29, 0.717) is 39.4 Å². The largest absolute Gasteiger partial charge is 0.348 e. The Balaban J connectivity index is 1.59. The predicted octanol–water partition coefficient (Wildman–Crippen LogP) is 3.54. The maximum atomic E-state index is 14.0. The van der Waals surface area contributed by atoms with Crippen LogP contribution in [0.4, 0.5) is 5.69 Å². The van der Waals surface area contributed by atoms with Crippen LogP contribution >= 0.6 is 23.2 Å². The van der Waals surface area contributed by atoms with Crippen LogP contribution in [0, 0.1) is 0 Å². The highest BCUT2D eigenvalue weighted by Gasteiger charge is 2.61. The number of amides is 3. The van der Waals surface area contributed by atoms with Crippen LogP contribution in [0.1, 0.15) is 47.2 Å². The minimum atomic E-state index is -3.35. The molecular formula is C28H30Cl2N4O5S. The second-order valence-corrected chi connectivity index (χ2v) is 13.4. The molecule has 9 nitrogen and oxygen atoms in total. The highest BCUT2D eigenvalue weighted by molar-refractivity contribution is 7.88. The van der Waals surface area contributed by atoms with Crippen LogP contribution in [0.3, 0.4) is 0 Å². The van der Waals surface area contributed by atoms with Gasteiger partial charge in [-0.15, -0.1) is 0 Å². The Labute approximate surface area is 243 Å². The minimum Gasteiger partial charge on any atom is -0.348 e. The number of rotatable bonds is 5. The highest BCUT2D eigenvalue weighted by atomic mass is 35.5. The van der Waals surface area contributed by atoms with Crippen LogP contribution in [0.25, 0.3) is 0 Å². The van der Waals surface area contributed by atoms with Gasteiger partial charge in [-0.05, 0) is 47.9 Å². The third-order valence-electron chi connectivity index (χ3n) is 8.18. The molecule has 2 saturated heterocycles. The number of halogens is 2. The van der Waals surface area contributed by atoms with Gasteiger partial charge >= 0.3 is 0 Å². The normalized spacial score (nSPS) is 24.9. The van der Waals surface area contributed by atoms with Crippen LogP contribution in [0.15, 0.2) is 48.6 Å². The third-order valence-corrected chi connectivity index (χ3v) is 9.93. The molecule has 3 amide bonds. The van der Waals surface area contributed by atoms with E-state index < -0.39 is 27.4 Å². The van der Waals surface area contributed by atoms with Crippen molar-refractivity contribution in [3.8, 4) is 0 Å². The van der Waals surface area contributed by atoms with Crippen LogP contribution in [0.2, 0.25) is 10.0 Å². The zero-order valence-electron chi connectivity index (χ0n) is 22.2. The Morgan fingerprint density at radius 1 is 1.07 bits per heavy atom. The molecule has 3 atom stereocenters. The lowest BCUT2D eigenvalue weighted by atomic mass is 9.59. The highest BCUT2D eigenvalue weighted by Crippen LogP contribution is 2.54. The van der Waals surface area contributed by atoms with Gasteiger partial charge in [0.05, 0.1) is 12.3 Å². The molecule has 0 saturated carbocycles. The Bertz CT molecular complexity index is 1540. The second kappa shape index (κ2) is 10.5. The Morgan fingerprint density at radius 2 is 1.77 bits per heavy atom. The summed E-state index contributed by atoms with van der Waals surface area (Å²) in [6.45, 7) is 6.98. The van der Waals surface area contributed by atoms with Crippen LogP contribution < -0.4 is 10.6 Å². The molecule has 2 fully saturated rings. The van der Waals surface area contributed by atoms with Crippen molar-refractivity contribution < 1.29 is 22.8 Å². The van der Waals surface area contributed by atoms with Crippen molar-refractivity contribution in [3.63, 3.8) is 0 Å². The van der Waals surface area contributed by atoms with Crippen LogP contribution in [0.5, 0.6) is 0 Å². The molecule has 2 aromatic rings. The predicted molar refractivity (Wildman–Crippen MR) is 154 cm³/mol. The number of carbonyl (C=O) groups is 3. The molecule has 3 aliphatic rings. The van der Waals surface area contributed by atoms with Crippen molar-refractivity contribution in [1.29, 1.82) is 0 Å². The first-order valence-corrected chi connectivity index (χ1v) is 15.6. The van der Waals surface area contributed by atoms with Gasteiger partial charge in [0.2, 0.25) is 21.8 Å². The first-order valence-electron chi connectivity index (χ1n) is 13.0. The molecule has 40 heavy (non-hydrogen) atoms. The number of carbonyl (C=O) groups excluding carboxylic acids is 3. The number of hydrogen-bond donors (Lipinski definition) is 2. The number of nitrogens with zero attached hydrogens (tertiary/aromatic N) is 2. The number of benzene rings is 2. The molecule has 2 N–H and O–H groups in total. The average Bonchev–Trinajstić information content (AvgIpc) is 3.18. The summed E-state index contributed by atoms with van der Waals surface area (Å²) in [5.41, 5.74) is 1.58. The van der Waals surface area contributed by atoms with Crippen LogP contribution in [-0.2, 0) is 25.0 Å². The van der Waals surface area contributed by atoms with E-state index >= 15 is 0 Å². The molecule has 3 aliphatic heterocycles. The van der Waals surface area contributed by atoms with E-state index in [2.05, 4.69) is 17.2 Å². The molecule has 5 rings (SSSR count). The lowest BCUT2D eigenvalue weighted by Crippen LogP contribution is -2.62. The lowest BCUT2D eigenvalue weighted by molar-refractivity contribution is -0.130. The van der Waals surface area contributed by atoms with E-state index in [1.807, 2.05) is 6.92 Å². The molecule has 0 aliphatic carbocycles. The van der Waals surface area contributed by atoms with Gasteiger partial charge in [-0.3, -0.25) is 14.4 Å². The van der Waals surface area contributed by atoms with Gasteiger partial charge in [-0.2, -0.15) is 4.31 Å². The standard InChI is InChI=1S/C28H30Cl2N4O5S/c1-4-16(2)25-28(21-6-5-19(29)14-23(21)31-27(28)37)22(15-24(35)32-25)17-11-18(13-20(30)12-17)26(36)33-7-9-34(10-8-33)40(3,38)39/h5-6,11-14,22,25H,2,4,7-10,15H2,1,3H3,(H,31,37)(H,32,35). The maximum absolute atomic E-state index is 14.0. The molecule has 12 heteroatoms. The summed E-state index contributed by atoms with van der Waals surface area (Å²) in [7, 11) is -3.35. The van der Waals surface area contributed by atoms with Gasteiger partial charge in [0.15, 0.2) is 0 Å². The van der Waals surface area contributed by atoms with Gasteiger partial charge in [0, 0.05) is 59.8 Å². The van der Waals surface area contributed by atoms with Crippen molar-refractivity contribution in [3.05, 3.63) is 75.3 Å². The number of nitrogens with one attached hydrogen (secondary N) is 2. The number of fused-ring (bicyclic) bond motifs is 2. The number of piperidine rings is 1. The fourth-order valence-electron chi connectivity index (χ4n) is 6.19. The molecule has 1 spiro atoms. The number of piperazine rings is 1. The van der Waals surface area contributed by atoms with Gasteiger partial charge in [0.1, 0.15) is 5.41 Å². The Kier molecular flexibility index (Phi) is 7.50. The van der Waals surface area contributed by atoms with Crippen molar-refractivity contribution in [2.75, 3.05) is 37.8 Å². The fourth-order valence-corrected chi connectivity index (χ4v) is 7.44. The number of hydrogen-bond acceptors (Lipinski definition) is 5. The summed E-state index contributed by atoms with van der Waals surface area (Å²) < 4.78 is 25.1. The molecule has 0 radical (unpaired) electrons. The summed E-state index contributed by atoms with van der Waals surface area (Å²) in [6.07, 6.45) is 1.67. The minimum absolute atomic E-state index is 0.00993. The molecule has 0 bridgehead atoms. The van der Waals surface area contributed by atoms with Crippen molar-refractivity contribution in [2.45, 2.75) is 37.1 Å². The van der Waals surface area contributed by atoms with E-state index in [0.717, 1.165) is 6.26 Å². The smallest absolute Gasteiger partial charge is 0.254 e. The van der Waals surface area contributed by atoms with E-state index in [9.17, 15) is 22.8 Å². The topological polar surface area (TPSA) is 116 Å². The Hall–Kier alpha value is -2.92. The summed E-state index contributed by atoms with van der Waals surface area (Å²) in [5.74, 6) is -1.50. The number of sulfonamides is 1. The summed E-state index contributed by atoms with van der Waals surface area (Å²) in [6, 6.07) is 9.43. The first kappa shape index (κ1) is 28.6. The zero-order valence-corrected chi connectivity index (χ0v) is 24.5. The van der Waals surface area contributed by atoms with E-state index in [1.165, 1.54) is 4.31 Å². The first-order chi connectivity index (χ1) is 18.9. The van der Waals surface area contributed by atoms with Crippen LogP contribution in [-0.4, -0.2) is 73.8 Å². The monoisotopic (exact) mass is 604 g/mol. The summed E-state index contributed by atoms with van der Waals surface area (Å²) >= 11 is 12.8. The van der Waals surface area contributed by atoms with Crippen molar-refractivity contribution >= 4 is 56.6 Å². The van der Waals surface area contributed by atoms with Crippen molar-refractivity contribution in [2.24, 2.45) is 0 Å². The van der Waals surface area contributed by atoms with Gasteiger partial charge < -0.3 is 15.5 Å². The maximum Gasteiger partial charge on any atom is 0.254 e. The Morgan fingerprint density at radius 3 is 2.42 bits per heavy atom. The van der Waals surface area contributed by atoms with E-state index in [1.54, 1.807) is 41.3 Å². The molecule has 3 heterocycles. The zero-order chi connectivity index (χ0) is 29.0. The van der Waals surface area contributed by atoms with E-state index in [4.69, 9.17) is 23.2 Å². The second-order valence-electron chi connectivity index (χ2n) is 10.5. The quantitative estimate of drug-likeness (QED) is 0.506. The lowest BCUT2D eigenvalue weighted by Gasteiger charge is -2.47. The fraction of sp³-hybridized carbons (Fsp3) is 0.393. The molecule has 0 aromatic heterocycles. The number of anilines is 1.